The van der Waals surface area contributed by atoms with Gasteiger partial charge in [0.05, 0.1) is 0 Å². The highest BCUT2D eigenvalue weighted by Gasteiger charge is 2.32. The fourth-order valence-electron chi connectivity index (χ4n) is 2.05. The molecular formula is C13H20O. The van der Waals surface area contributed by atoms with E-state index in [4.69, 9.17) is 0 Å². The molecule has 1 aliphatic carbocycles. The van der Waals surface area contributed by atoms with E-state index in [0.717, 1.165) is 12.8 Å². The molecule has 0 aromatic rings. The van der Waals surface area contributed by atoms with E-state index in [9.17, 15) is 4.79 Å². The Labute approximate surface area is 86.9 Å². The number of ketones is 1. The Morgan fingerprint density at radius 1 is 1.50 bits per heavy atom. The first kappa shape index (κ1) is 11.2. The molecule has 0 aromatic heterocycles. The van der Waals surface area contributed by atoms with Gasteiger partial charge in [0.15, 0.2) is 5.78 Å². The molecule has 14 heavy (non-hydrogen) atoms. The van der Waals surface area contributed by atoms with Crippen molar-refractivity contribution in [3.63, 3.8) is 0 Å². The quantitative estimate of drug-likeness (QED) is 0.492. The van der Waals surface area contributed by atoms with Crippen molar-refractivity contribution in [2.75, 3.05) is 0 Å². The number of carbonyl (C=O) groups excluding carboxylic acids is 1. The van der Waals surface area contributed by atoms with Gasteiger partial charge in [-0.2, -0.15) is 0 Å². The van der Waals surface area contributed by atoms with Gasteiger partial charge in [0, 0.05) is 6.42 Å². The second kappa shape index (κ2) is 4.12. The lowest BCUT2D eigenvalue weighted by Crippen LogP contribution is -2.26. The summed E-state index contributed by atoms with van der Waals surface area (Å²) in [6.07, 6.45) is 5.24. The minimum absolute atomic E-state index is 0.0360. The molecule has 1 saturated carbocycles. The van der Waals surface area contributed by atoms with Crippen molar-refractivity contribution in [2.24, 2.45) is 5.41 Å². The number of rotatable bonds is 3. The lowest BCUT2D eigenvalue weighted by molar-refractivity contribution is -0.117. The summed E-state index contributed by atoms with van der Waals surface area (Å²) in [7, 11) is 0. The van der Waals surface area contributed by atoms with Gasteiger partial charge in [-0.25, -0.2) is 0 Å². The monoisotopic (exact) mass is 192 g/mol. The van der Waals surface area contributed by atoms with E-state index in [0.29, 0.717) is 12.0 Å². The summed E-state index contributed by atoms with van der Waals surface area (Å²) in [6, 6.07) is 0. The van der Waals surface area contributed by atoms with Gasteiger partial charge in [-0.3, -0.25) is 4.79 Å². The van der Waals surface area contributed by atoms with Crippen LogP contribution in [0.4, 0.5) is 0 Å². The molecule has 0 aliphatic heterocycles. The second-order valence-corrected chi connectivity index (χ2v) is 4.75. The highest BCUT2D eigenvalue weighted by molar-refractivity contribution is 5.94. The number of hydrogen-bond acceptors (Lipinski definition) is 1. The molecule has 0 amide bonds. The summed E-state index contributed by atoms with van der Waals surface area (Å²) in [5.74, 6) is 0.190. The smallest absolute Gasteiger partial charge is 0.158 e. The zero-order chi connectivity index (χ0) is 10.8. The van der Waals surface area contributed by atoms with Crippen molar-refractivity contribution in [1.82, 2.24) is 0 Å². The zero-order valence-corrected chi connectivity index (χ0v) is 9.36. The van der Waals surface area contributed by atoms with Crippen LogP contribution >= 0.6 is 0 Å². The van der Waals surface area contributed by atoms with Gasteiger partial charge in [-0.05, 0) is 37.2 Å². The molecule has 1 atom stereocenters. The predicted octanol–water partition coefficient (Wildman–Crippen LogP) is 3.66. The molecule has 1 nitrogen and oxygen atoms in total. The first-order valence-corrected chi connectivity index (χ1v) is 5.33. The van der Waals surface area contributed by atoms with Crippen LogP contribution in [0.5, 0.6) is 0 Å². The van der Waals surface area contributed by atoms with Gasteiger partial charge in [-0.1, -0.05) is 32.1 Å². The lowest BCUT2D eigenvalue weighted by atomic mass is 9.69. The zero-order valence-electron chi connectivity index (χ0n) is 9.36. The molecule has 1 rings (SSSR count). The SMILES string of the molecule is C=C(C)C(=O)CC1(C)CCCCC1=C. The maximum atomic E-state index is 11.6. The minimum Gasteiger partial charge on any atom is -0.295 e. The van der Waals surface area contributed by atoms with Crippen molar-refractivity contribution < 1.29 is 4.79 Å². The molecule has 78 valence electrons. The van der Waals surface area contributed by atoms with Gasteiger partial charge in [0.1, 0.15) is 0 Å². The van der Waals surface area contributed by atoms with Crippen LogP contribution in [0.3, 0.4) is 0 Å². The number of carbonyl (C=O) groups is 1. The van der Waals surface area contributed by atoms with E-state index in [1.807, 2.05) is 0 Å². The van der Waals surface area contributed by atoms with Gasteiger partial charge < -0.3 is 0 Å². The van der Waals surface area contributed by atoms with E-state index < -0.39 is 0 Å². The van der Waals surface area contributed by atoms with E-state index in [-0.39, 0.29) is 11.2 Å². The third kappa shape index (κ3) is 2.34. The van der Waals surface area contributed by atoms with Crippen LogP contribution in [0, 0.1) is 5.41 Å². The highest BCUT2D eigenvalue weighted by atomic mass is 16.1. The summed E-state index contributed by atoms with van der Waals surface area (Å²) in [5, 5.41) is 0. The summed E-state index contributed by atoms with van der Waals surface area (Å²) in [6.45, 7) is 11.7. The first-order valence-electron chi connectivity index (χ1n) is 5.33. The van der Waals surface area contributed by atoms with Crippen LogP contribution in [0.15, 0.2) is 24.3 Å². The summed E-state index contributed by atoms with van der Waals surface area (Å²) < 4.78 is 0. The fourth-order valence-corrected chi connectivity index (χ4v) is 2.05. The Hall–Kier alpha value is -0.850. The van der Waals surface area contributed by atoms with Crippen molar-refractivity contribution in [2.45, 2.75) is 46.0 Å². The van der Waals surface area contributed by atoms with E-state index in [2.05, 4.69) is 20.1 Å². The average molecular weight is 192 g/mol. The Bertz CT molecular complexity index is 275. The average Bonchev–Trinajstić information content (AvgIpc) is 2.10. The van der Waals surface area contributed by atoms with Crippen molar-refractivity contribution in [3.8, 4) is 0 Å². The molecule has 0 N–H and O–H groups in total. The third-order valence-corrected chi connectivity index (χ3v) is 3.34. The Kier molecular flexibility index (Phi) is 3.30. The van der Waals surface area contributed by atoms with Gasteiger partial charge >= 0.3 is 0 Å². The van der Waals surface area contributed by atoms with Crippen LogP contribution < -0.4 is 0 Å². The lowest BCUT2D eigenvalue weighted by Gasteiger charge is -2.35. The first-order chi connectivity index (χ1) is 6.46. The molecule has 0 saturated heterocycles. The largest absolute Gasteiger partial charge is 0.295 e. The molecule has 0 spiro atoms. The molecular weight excluding hydrogens is 172 g/mol. The predicted molar refractivity (Wildman–Crippen MR) is 60.2 cm³/mol. The van der Waals surface area contributed by atoms with Crippen molar-refractivity contribution in [1.29, 1.82) is 0 Å². The van der Waals surface area contributed by atoms with Crippen LogP contribution in [0.25, 0.3) is 0 Å². The van der Waals surface area contributed by atoms with E-state index >= 15 is 0 Å². The van der Waals surface area contributed by atoms with Crippen molar-refractivity contribution >= 4 is 5.78 Å². The molecule has 0 radical (unpaired) electrons. The molecule has 1 aliphatic rings. The molecule has 0 bridgehead atoms. The standard InChI is InChI=1S/C13H20O/c1-10(2)12(14)9-13(4)8-6-5-7-11(13)3/h1,3,5-9H2,2,4H3. The van der Waals surface area contributed by atoms with Gasteiger partial charge in [0.2, 0.25) is 0 Å². The second-order valence-electron chi connectivity index (χ2n) is 4.75. The van der Waals surface area contributed by atoms with Gasteiger partial charge in [-0.15, -0.1) is 0 Å². The maximum absolute atomic E-state index is 11.6. The van der Waals surface area contributed by atoms with Crippen LogP contribution in [0.2, 0.25) is 0 Å². The van der Waals surface area contributed by atoms with Gasteiger partial charge in [0.25, 0.3) is 0 Å². The molecule has 1 fully saturated rings. The van der Waals surface area contributed by atoms with Crippen molar-refractivity contribution in [3.05, 3.63) is 24.3 Å². The molecule has 0 aromatic carbocycles. The van der Waals surface area contributed by atoms with Crippen LogP contribution in [0.1, 0.15) is 46.0 Å². The van der Waals surface area contributed by atoms with E-state index in [1.165, 1.54) is 18.4 Å². The minimum atomic E-state index is 0.0360. The maximum Gasteiger partial charge on any atom is 0.158 e. The summed E-state index contributed by atoms with van der Waals surface area (Å²) >= 11 is 0. The summed E-state index contributed by atoms with van der Waals surface area (Å²) in [5.41, 5.74) is 1.96. The van der Waals surface area contributed by atoms with Crippen LogP contribution in [-0.4, -0.2) is 5.78 Å². The number of hydrogen-bond donors (Lipinski definition) is 0. The fraction of sp³-hybridized carbons (Fsp3) is 0.615. The van der Waals surface area contributed by atoms with E-state index in [1.54, 1.807) is 6.92 Å². The topological polar surface area (TPSA) is 17.1 Å². The third-order valence-electron chi connectivity index (χ3n) is 3.34. The summed E-state index contributed by atoms with van der Waals surface area (Å²) in [4.78, 5) is 11.6. The Morgan fingerprint density at radius 2 is 2.14 bits per heavy atom. The molecule has 1 unspecified atom stereocenters. The molecule has 0 heterocycles. The number of allylic oxidation sites excluding steroid dienone is 2. The Morgan fingerprint density at radius 3 is 2.64 bits per heavy atom. The number of Topliss-reactive ketones (excluding diaryl/α,β-unsaturated/α-hetero) is 1. The van der Waals surface area contributed by atoms with Crippen LogP contribution in [-0.2, 0) is 4.79 Å². The molecule has 1 heteroatoms. The Balaban J connectivity index is 2.69. The highest BCUT2D eigenvalue weighted by Crippen LogP contribution is 2.42. The normalized spacial score (nSPS) is 27.4.